The number of hydrogen-bond donors (Lipinski definition) is 1. The Morgan fingerprint density at radius 1 is 1.21 bits per heavy atom. The summed E-state index contributed by atoms with van der Waals surface area (Å²) in [5.74, 6) is 0. The topological polar surface area (TPSA) is 15.3 Å². The first-order valence-corrected chi connectivity index (χ1v) is 6.01. The molecule has 1 N–H and O–H groups in total. The first-order chi connectivity index (χ1) is 6.57. The molecule has 0 amide bonds. The van der Waals surface area contributed by atoms with Crippen molar-refractivity contribution in [3.8, 4) is 0 Å². The molecule has 0 aromatic heterocycles. The Kier molecular flexibility index (Phi) is 8.20. The highest BCUT2D eigenvalue weighted by molar-refractivity contribution is 4.63. The third-order valence-corrected chi connectivity index (χ3v) is 2.83. The summed E-state index contributed by atoms with van der Waals surface area (Å²) >= 11 is 0. The molecule has 2 nitrogen and oxygen atoms in total. The average Bonchev–Trinajstić information content (AvgIpc) is 2.14. The predicted octanol–water partition coefficient (Wildman–Crippen LogP) is 2.49. The second kappa shape index (κ2) is 8.25. The second-order valence-electron chi connectivity index (χ2n) is 4.57. The van der Waals surface area contributed by atoms with Crippen molar-refractivity contribution in [3.05, 3.63) is 0 Å². The van der Waals surface area contributed by atoms with Gasteiger partial charge in [0.2, 0.25) is 0 Å². The van der Waals surface area contributed by atoms with Gasteiger partial charge < -0.3 is 10.2 Å². The lowest BCUT2D eigenvalue weighted by Gasteiger charge is -2.22. The Morgan fingerprint density at radius 2 is 1.86 bits per heavy atom. The van der Waals surface area contributed by atoms with Crippen LogP contribution in [0.2, 0.25) is 0 Å². The van der Waals surface area contributed by atoms with Crippen molar-refractivity contribution in [2.45, 2.75) is 59.0 Å². The minimum Gasteiger partial charge on any atom is -0.313 e. The van der Waals surface area contributed by atoms with Gasteiger partial charge >= 0.3 is 0 Å². The zero-order valence-corrected chi connectivity index (χ0v) is 10.6. The predicted molar refractivity (Wildman–Crippen MR) is 64.8 cm³/mol. The van der Waals surface area contributed by atoms with Crippen molar-refractivity contribution < 1.29 is 0 Å². The van der Waals surface area contributed by atoms with E-state index in [0.29, 0.717) is 12.1 Å². The smallest absolute Gasteiger partial charge is 0.0107 e. The van der Waals surface area contributed by atoms with Crippen molar-refractivity contribution in [3.63, 3.8) is 0 Å². The van der Waals surface area contributed by atoms with Crippen molar-refractivity contribution in [1.29, 1.82) is 0 Å². The van der Waals surface area contributed by atoms with Crippen molar-refractivity contribution in [1.82, 2.24) is 10.2 Å². The summed E-state index contributed by atoms with van der Waals surface area (Å²) in [6, 6.07) is 1.33. The SMILES string of the molecule is CCCCC(C)NCCN(C)C(C)C. The maximum atomic E-state index is 3.56. The molecule has 0 aromatic carbocycles. The first kappa shape index (κ1) is 13.9. The minimum absolute atomic E-state index is 0.655. The summed E-state index contributed by atoms with van der Waals surface area (Å²) in [5, 5.41) is 3.56. The molecular formula is C12H28N2. The molecule has 0 aliphatic rings. The highest BCUT2D eigenvalue weighted by Gasteiger charge is 2.03. The molecule has 86 valence electrons. The van der Waals surface area contributed by atoms with Gasteiger partial charge in [-0.1, -0.05) is 19.8 Å². The summed E-state index contributed by atoms with van der Waals surface area (Å²) < 4.78 is 0. The maximum Gasteiger partial charge on any atom is 0.0107 e. The Bertz CT molecular complexity index is 123. The van der Waals surface area contributed by atoms with Gasteiger partial charge in [-0.15, -0.1) is 0 Å². The Balaban J connectivity index is 3.34. The van der Waals surface area contributed by atoms with E-state index in [1.165, 1.54) is 19.3 Å². The number of rotatable bonds is 8. The molecule has 0 aromatic rings. The van der Waals surface area contributed by atoms with Crippen LogP contribution in [0.3, 0.4) is 0 Å². The molecule has 1 atom stereocenters. The Hall–Kier alpha value is -0.0800. The molecule has 0 radical (unpaired) electrons. The molecule has 1 unspecified atom stereocenters. The van der Waals surface area contributed by atoms with E-state index in [2.05, 4.69) is 45.0 Å². The van der Waals surface area contributed by atoms with Crippen LogP contribution in [0.25, 0.3) is 0 Å². The zero-order chi connectivity index (χ0) is 11.0. The van der Waals surface area contributed by atoms with Crippen LogP contribution in [0.1, 0.15) is 47.0 Å². The minimum atomic E-state index is 0.655. The molecular weight excluding hydrogens is 172 g/mol. The van der Waals surface area contributed by atoms with Gasteiger partial charge in [0.1, 0.15) is 0 Å². The normalized spacial score (nSPS) is 13.9. The standard InChI is InChI=1S/C12H28N2/c1-6-7-8-12(4)13-9-10-14(5)11(2)3/h11-13H,6-10H2,1-5H3. The molecule has 2 heteroatoms. The lowest BCUT2D eigenvalue weighted by Crippen LogP contribution is -2.37. The number of likely N-dealkylation sites (N-methyl/N-ethyl adjacent to an activating group) is 1. The quantitative estimate of drug-likeness (QED) is 0.647. The molecule has 0 saturated carbocycles. The van der Waals surface area contributed by atoms with E-state index in [4.69, 9.17) is 0 Å². The van der Waals surface area contributed by atoms with E-state index in [0.717, 1.165) is 13.1 Å². The summed E-state index contributed by atoms with van der Waals surface area (Å²) in [5.41, 5.74) is 0. The average molecular weight is 200 g/mol. The molecule has 0 aliphatic heterocycles. The van der Waals surface area contributed by atoms with Gasteiger partial charge in [-0.3, -0.25) is 0 Å². The summed E-state index contributed by atoms with van der Waals surface area (Å²) in [6.07, 6.45) is 3.95. The van der Waals surface area contributed by atoms with E-state index in [1.807, 2.05) is 0 Å². The Labute approximate surface area is 90.1 Å². The Morgan fingerprint density at radius 3 is 2.36 bits per heavy atom. The van der Waals surface area contributed by atoms with Crippen LogP contribution in [-0.4, -0.2) is 37.1 Å². The summed E-state index contributed by atoms with van der Waals surface area (Å²) in [4.78, 5) is 2.37. The van der Waals surface area contributed by atoms with E-state index >= 15 is 0 Å². The van der Waals surface area contributed by atoms with Gasteiger partial charge in [0.15, 0.2) is 0 Å². The maximum absolute atomic E-state index is 3.56. The van der Waals surface area contributed by atoms with Gasteiger partial charge in [-0.25, -0.2) is 0 Å². The zero-order valence-electron chi connectivity index (χ0n) is 10.6. The van der Waals surface area contributed by atoms with Crippen LogP contribution < -0.4 is 5.32 Å². The fourth-order valence-corrected chi connectivity index (χ4v) is 1.36. The van der Waals surface area contributed by atoms with Crippen LogP contribution in [0.4, 0.5) is 0 Å². The molecule has 0 rings (SSSR count). The number of hydrogen-bond acceptors (Lipinski definition) is 2. The van der Waals surface area contributed by atoms with Gasteiger partial charge in [0.05, 0.1) is 0 Å². The molecule has 0 bridgehead atoms. The van der Waals surface area contributed by atoms with E-state index in [-0.39, 0.29) is 0 Å². The molecule has 0 aliphatic carbocycles. The summed E-state index contributed by atoms with van der Waals surface area (Å²) in [6.45, 7) is 11.3. The van der Waals surface area contributed by atoms with Crippen LogP contribution in [0, 0.1) is 0 Å². The van der Waals surface area contributed by atoms with Crippen LogP contribution >= 0.6 is 0 Å². The fourth-order valence-electron chi connectivity index (χ4n) is 1.36. The van der Waals surface area contributed by atoms with Gasteiger partial charge in [-0.2, -0.15) is 0 Å². The third kappa shape index (κ3) is 7.34. The molecule has 0 spiro atoms. The number of unbranched alkanes of at least 4 members (excludes halogenated alkanes) is 1. The fraction of sp³-hybridized carbons (Fsp3) is 1.00. The lowest BCUT2D eigenvalue weighted by atomic mass is 10.1. The molecule has 0 saturated heterocycles. The van der Waals surface area contributed by atoms with Crippen LogP contribution in [0.5, 0.6) is 0 Å². The largest absolute Gasteiger partial charge is 0.313 e. The monoisotopic (exact) mass is 200 g/mol. The van der Waals surface area contributed by atoms with Gasteiger partial charge in [0, 0.05) is 25.2 Å². The van der Waals surface area contributed by atoms with Crippen LogP contribution in [0.15, 0.2) is 0 Å². The third-order valence-electron chi connectivity index (χ3n) is 2.83. The van der Waals surface area contributed by atoms with E-state index in [1.54, 1.807) is 0 Å². The lowest BCUT2D eigenvalue weighted by molar-refractivity contribution is 0.268. The number of nitrogens with zero attached hydrogens (tertiary/aromatic N) is 1. The second-order valence-corrected chi connectivity index (χ2v) is 4.57. The van der Waals surface area contributed by atoms with Gasteiger partial charge in [0.25, 0.3) is 0 Å². The van der Waals surface area contributed by atoms with Crippen LogP contribution in [-0.2, 0) is 0 Å². The summed E-state index contributed by atoms with van der Waals surface area (Å²) in [7, 11) is 2.18. The van der Waals surface area contributed by atoms with Gasteiger partial charge in [-0.05, 0) is 34.2 Å². The van der Waals surface area contributed by atoms with Crippen molar-refractivity contribution >= 4 is 0 Å². The molecule has 0 heterocycles. The first-order valence-electron chi connectivity index (χ1n) is 6.01. The van der Waals surface area contributed by atoms with E-state index < -0.39 is 0 Å². The van der Waals surface area contributed by atoms with Crippen molar-refractivity contribution in [2.75, 3.05) is 20.1 Å². The molecule has 0 fully saturated rings. The van der Waals surface area contributed by atoms with Crippen molar-refractivity contribution in [2.24, 2.45) is 0 Å². The number of nitrogens with one attached hydrogen (secondary N) is 1. The molecule has 14 heavy (non-hydrogen) atoms. The highest BCUT2D eigenvalue weighted by atomic mass is 15.1. The van der Waals surface area contributed by atoms with E-state index in [9.17, 15) is 0 Å². The highest BCUT2D eigenvalue weighted by Crippen LogP contribution is 1.99.